The Bertz CT molecular complexity index is 528. The topological polar surface area (TPSA) is 62.6 Å². The Morgan fingerprint density at radius 2 is 2.26 bits per heavy atom. The number of morpholine rings is 1. The van der Waals surface area contributed by atoms with Crippen molar-refractivity contribution in [1.29, 1.82) is 0 Å². The van der Waals surface area contributed by atoms with Gasteiger partial charge in [0, 0.05) is 39.4 Å². The molecule has 2 amide bonds. The Balaban J connectivity index is 1.54. The summed E-state index contributed by atoms with van der Waals surface area (Å²) in [4.78, 5) is 16.8. The summed E-state index contributed by atoms with van der Waals surface area (Å²) in [6.45, 7) is 4.60. The van der Waals surface area contributed by atoms with Gasteiger partial charge in [-0.1, -0.05) is 0 Å². The number of ether oxygens (including phenoxy) is 1. The lowest BCUT2D eigenvalue weighted by Gasteiger charge is -2.34. The fourth-order valence-corrected chi connectivity index (χ4v) is 2.93. The lowest BCUT2D eigenvalue weighted by molar-refractivity contribution is -0.0308. The highest BCUT2D eigenvalue weighted by Gasteiger charge is 2.29. The zero-order valence-corrected chi connectivity index (χ0v) is 14.1. The summed E-state index contributed by atoms with van der Waals surface area (Å²) in [6, 6.07) is 1.92. The Morgan fingerprint density at radius 1 is 1.43 bits per heavy atom. The molecule has 1 N–H and O–H groups in total. The number of nitrogens with one attached hydrogen (secondary N) is 1. The summed E-state index contributed by atoms with van der Waals surface area (Å²) in [7, 11) is 3.98. The number of hydrogen-bond acceptors (Lipinski definition) is 4. The van der Waals surface area contributed by atoms with Gasteiger partial charge in [0.05, 0.1) is 24.9 Å². The Labute approximate surface area is 137 Å². The van der Waals surface area contributed by atoms with Crippen LogP contribution in [0.5, 0.6) is 0 Å². The maximum absolute atomic E-state index is 12.6. The molecule has 7 nitrogen and oxygen atoms in total. The third-order valence-electron chi connectivity index (χ3n) is 4.57. The van der Waals surface area contributed by atoms with Crippen molar-refractivity contribution in [2.24, 2.45) is 13.0 Å². The summed E-state index contributed by atoms with van der Waals surface area (Å²) in [5.74, 6) is 0.666. The van der Waals surface area contributed by atoms with Crippen LogP contribution in [0.2, 0.25) is 0 Å². The van der Waals surface area contributed by atoms with Crippen molar-refractivity contribution in [3.05, 3.63) is 18.0 Å². The van der Waals surface area contributed by atoms with E-state index < -0.39 is 0 Å². The van der Waals surface area contributed by atoms with Gasteiger partial charge in [0.2, 0.25) is 0 Å². The standard InChI is InChI=1S/C16H27N5O2/c1-19-7-8-23-15(11-19)12-21(10-13-3-4-13)16(22)17-9-14-5-6-18-20(14)2/h5-6,13,15H,3-4,7-12H2,1-2H3,(H,17,22)/t15-/m1/s1. The fourth-order valence-electron chi connectivity index (χ4n) is 2.93. The van der Waals surface area contributed by atoms with Gasteiger partial charge < -0.3 is 19.9 Å². The van der Waals surface area contributed by atoms with Crippen molar-refractivity contribution in [2.75, 3.05) is 39.8 Å². The minimum absolute atomic E-state index is 0.00470. The predicted octanol–water partition coefficient (Wildman–Crippen LogP) is 0.672. The van der Waals surface area contributed by atoms with Gasteiger partial charge >= 0.3 is 6.03 Å². The molecule has 1 saturated heterocycles. The maximum atomic E-state index is 12.6. The summed E-state index contributed by atoms with van der Waals surface area (Å²) in [6.07, 6.45) is 4.32. The van der Waals surface area contributed by atoms with Gasteiger partial charge in [0.1, 0.15) is 0 Å². The van der Waals surface area contributed by atoms with Gasteiger partial charge in [-0.2, -0.15) is 5.10 Å². The second-order valence-corrected chi connectivity index (χ2v) is 6.71. The fraction of sp³-hybridized carbons (Fsp3) is 0.750. The maximum Gasteiger partial charge on any atom is 0.317 e. The molecule has 0 spiro atoms. The van der Waals surface area contributed by atoms with E-state index in [1.54, 1.807) is 10.9 Å². The number of nitrogens with zero attached hydrogens (tertiary/aromatic N) is 4. The Kier molecular flexibility index (Phi) is 5.17. The molecule has 1 aliphatic heterocycles. The minimum Gasteiger partial charge on any atom is -0.374 e. The highest BCUT2D eigenvalue weighted by molar-refractivity contribution is 5.74. The highest BCUT2D eigenvalue weighted by atomic mass is 16.5. The van der Waals surface area contributed by atoms with Gasteiger partial charge in [0.25, 0.3) is 0 Å². The molecule has 1 aromatic heterocycles. The predicted molar refractivity (Wildman–Crippen MR) is 87.0 cm³/mol. The molecule has 0 aromatic carbocycles. The smallest absolute Gasteiger partial charge is 0.317 e. The van der Waals surface area contributed by atoms with Crippen LogP contribution in [-0.4, -0.2) is 71.5 Å². The molecular weight excluding hydrogens is 294 g/mol. The van der Waals surface area contributed by atoms with Crippen molar-refractivity contribution >= 4 is 6.03 Å². The first kappa shape index (κ1) is 16.3. The molecular formula is C16H27N5O2. The van der Waals surface area contributed by atoms with Crippen LogP contribution >= 0.6 is 0 Å². The largest absolute Gasteiger partial charge is 0.374 e. The number of aryl methyl sites for hydroxylation is 1. The van der Waals surface area contributed by atoms with Crippen LogP contribution in [0, 0.1) is 5.92 Å². The first-order valence-electron chi connectivity index (χ1n) is 8.41. The molecule has 0 bridgehead atoms. The highest BCUT2D eigenvalue weighted by Crippen LogP contribution is 2.30. The molecule has 1 saturated carbocycles. The normalized spacial score (nSPS) is 22.1. The quantitative estimate of drug-likeness (QED) is 0.837. The van der Waals surface area contributed by atoms with Crippen molar-refractivity contribution < 1.29 is 9.53 Å². The average Bonchev–Trinajstić information content (AvgIpc) is 3.25. The lowest BCUT2D eigenvalue weighted by Crippen LogP contribution is -2.50. The van der Waals surface area contributed by atoms with Crippen molar-refractivity contribution in [3.63, 3.8) is 0 Å². The average molecular weight is 321 g/mol. The van der Waals surface area contributed by atoms with E-state index >= 15 is 0 Å². The van der Waals surface area contributed by atoms with E-state index in [1.165, 1.54) is 12.8 Å². The molecule has 3 rings (SSSR count). The molecule has 2 aliphatic rings. The van der Waals surface area contributed by atoms with Crippen LogP contribution in [0.4, 0.5) is 4.79 Å². The molecule has 128 valence electrons. The van der Waals surface area contributed by atoms with Crippen molar-refractivity contribution in [1.82, 2.24) is 24.9 Å². The molecule has 2 fully saturated rings. The number of carbonyl (C=O) groups excluding carboxylic acids is 1. The summed E-state index contributed by atoms with van der Waals surface area (Å²) in [5, 5.41) is 7.14. The second kappa shape index (κ2) is 7.31. The van der Waals surface area contributed by atoms with Crippen molar-refractivity contribution in [3.8, 4) is 0 Å². The van der Waals surface area contributed by atoms with Gasteiger partial charge in [-0.25, -0.2) is 4.79 Å². The van der Waals surface area contributed by atoms with Crippen LogP contribution in [0.25, 0.3) is 0 Å². The van der Waals surface area contributed by atoms with Gasteiger partial charge in [-0.15, -0.1) is 0 Å². The molecule has 0 unspecified atom stereocenters. The minimum atomic E-state index is -0.00470. The van der Waals surface area contributed by atoms with E-state index in [-0.39, 0.29) is 12.1 Å². The lowest BCUT2D eigenvalue weighted by atomic mass is 10.2. The van der Waals surface area contributed by atoms with Crippen LogP contribution in [-0.2, 0) is 18.3 Å². The first-order valence-corrected chi connectivity index (χ1v) is 8.41. The number of amides is 2. The summed E-state index contributed by atoms with van der Waals surface area (Å²) < 4.78 is 7.61. The van der Waals surface area contributed by atoms with E-state index in [1.807, 2.05) is 18.0 Å². The summed E-state index contributed by atoms with van der Waals surface area (Å²) in [5.41, 5.74) is 0.998. The number of rotatable bonds is 6. The van der Waals surface area contributed by atoms with E-state index in [0.717, 1.165) is 31.9 Å². The molecule has 0 radical (unpaired) electrons. The molecule has 7 heteroatoms. The van der Waals surface area contributed by atoms with Crippen LogP contribution < -0.4 is 5.32 Å². The first-order chi connectivity index (χ1) is 11.1. The van der Waals surface area contributed by atoms with Crippen molar-refractivity contribution in [2.45, 2.75) is 25.5 Å². The van der Waals surface area contributed by atoms with E-state index in [4.69, 9.17) is 4.74 Å². The Morgan fingerprint density at radius 3 is 2.91 bits per heavy atom. The van der Waals surface area contributed by atoms with Crippen LogP contribution in [0.3, 0.4) is 0 Å². The molecule has 1 aromatic rings. The third kappa shape index (κ3) is 4.68. The second-order valence-electron chi connectivity index (χ2n) is 6.71. The third-order valence-corrected chi connectivity index (χ3v) is 4.57. The number of urea groups is 1. The molecule has 23 heavy (non-hydrogen) atoms. The number of likely N-dealkylation sites (N-methyl/N-ethyl adjacent to an activating group) is 1. The van der Waals surface area contributed by atoms with Gasteiger partial charge in [-0.05, 0) is 31.9 Å². The Hall–Kier alpha value is -1.60. The molecule has 1 atom stereocenters. The molecule has 2 heterocycles. The number of hydrogen-bond donors (Lipinski definition) is 1. The summed E-state index contributed by atoms with van der Waals surface area (Å²) >= 11 is 0. The number of aromatic nitrogens is 2. The van der Waals surface area contributed by atoms with Crippen LogP contribution in [0.1, 0.15) is 18.5 Å². The number of carbonyl (C=O) groups is 1. The van der Waals surface area contributed by atoms with E-state index in [0.29, 0.717) is 19.0 Å². The van der Waals surface area contributed by atoms with E-state index in [2.05, 4.69) is 22.4 Å². The zero-order chi connectivity index (χ0) is 16.2. The monoisotopic (exact) mass is 321 g/mol. The SMILES string of the molecule is CN1CCO[C@@H](CN(CC2CC2)C(=O)NCc2ccnn2C)C1. The van der Waals surface area contributed by atoms with Gasteiger partial charge in [-0.3, -0.25) is 4.68 Å². The zero-order valence-electron chi connectivity index (χ0n) is 14.1. The van der Waals surface area contributed by atoms with Gasteiger partial charge in [0.15, 0.2) is 0 Å². The van der Waals surface area contributed by atoms with E-state index in [9.17, 15) is 4.79 Å². The van der Waals surface area contributed by atoms with Crippen LogP contribution in [0.15, 0.2) is 12.3 Å². The molecule has 1 aliphatic carbocycles.